The minimum absolute atomic E-state index is 0.0507. The maximum Gasteiger partial charge on any atom is 0.339 e. The predicted molar refractivity (Wildman–Crippen MR) is 153 cm³/mol. The van der Waals surface area contributed by atoms with Crippen LogP contribution in [0.2, 0.25) is 0 Å². The van der Waals surface area contributed by atoms with Crippen molar-refractivity contribution >= 4 is 38.0 Å². The Kier molecular flexibility index (Phi) is 8.68. The molecule has 0 atom stereocenters. The summed E-state index contributed by atoms with van der Waals surface area (Å²) in [4.78, 5) is 22.4. The van der Waals surface area contributed by atoms with E-state index in [1.807, 2.05) is 0 Å². The number of hydrazone groups is 1. The van der Waals surface area contributed by atoms with Crippen molar-refractivity contribution in [2.75, 3.05) is 0 Å². The number of carbonyl (C=O) groups excluding carboxylic acids is 1. The highest BCUT2D eigenvalue weighted by Crippen LogP contribution is 2.29. The molecule has 0 fully saturated rings. The first-order valence-electron chi connectivity index (χ1n) is 12.1. The van der Waals surface area contributed by atoms with Gasteiger partial charge in [0.15, 0.2) is 5.75 Å². The zero-order chi connectivity index (χ0) is 30.5. The van der Waals surface area contributed by atoms with Gasteiger partial charge in [-0.1, -0.05) is 35.4 Å². The highest BCUT2D eigenvalue weighted by Gasteiger charge is 2.21. The molecule has 4 aromatic carbocycles. The molecule has 1 N–H and O–H groups in total. The van der Waals surface area contributed by atoms with E-state index >= 15 is 0 Å². The second-order valence-electron chi connectivity index (χ2n) is 8.90. The van der Waals surface area contributed by atoms with Crippen LogP contribution in [0.1, 0.15) is 27.0 Å². The van der Waals surface area contributed by atoms with Gasteiger partial charge in [-0.25, -0.2) is 5.43 Å². The summed E-state index contributed by atoms with van der Waals surface area (Å²) in [7, 11) is -8.64. The summed E-state index contributed by atoms with van der Waals surface area (Å²) < 4.78 is 62.2. The van der Waals surface area contributed by atoms with Gasteiger partial charge in [0, 0.05) is 29.3 Å². The van der Waals surface area contributed by atoms with Crippen LogP contribution in [0.15, 0.2) is 106 Å². The molecule has 0 aromatic heterocycles. The third-order valence-corrected chi connectivity index (χ3v) is 8.23. The van der Waals surface area contributed by atoms with Crippen LogP contribution in [0, 0.1) is 24.0 Å². The first-order valence-corrected chi connectivity index (χ1v) is 14.9. The maximum atomic E-state index is 13.0. The highest BCUT2D eigenvalue weighted by atomic mass is 32.2. The van der Waals surface area contributed by atoms with Crippen LogP contribution in [0.3, 0.4) is 0 Å². The van der Waals surface area contributed by atoms with Gasteiger partial charge in [-0.3, -0.25) is 14.9 Å². The molecule has 12 nitrogen and oxygen atoms in total. The van der Waals surface area contributed by atoms with Crippen LogP contribution in [0.4, 0.5) is 5.69 Å². The van der Waals surface area contributed by atoms with Crippen molar-refractivity contribution < 1.29 is 34.9 Å². The van der Waals surface area contributed by atoms with Gasteiger partial charge in [0.05, 0.1) is 11.1 Å². The van der Waals surface area contributed by atoms with Crippen molar-refractivity contribution in [3.63, 3.8) is 0 Å². The van der Waals surface area contributed by atoms with Crippen LogP contribution < -0.4 is 13.8 Å². The van der Waals surface area contributed by atoms with Gasteiger partial charge in [0.2, 0.25) is 0 Å². The Hall–Kier alpha value is -5.08. The standard InChI is InChI=1S/C28H23N3O9S2/c1-19-3-13-25(14-4-19)41(35,36)39-24-12-9-22(18-29-30-28(32)21-7-10-23(11-8-21)31(33)34)27(17-24)40-42(37,38)26-15-5-20(2)6-16-26/h3-18H,1-2H3,(H,30,32). The molecular formula is C28H23N3O9S2. The lowest BCUT2D eigenvalue weighted by Gasteiger charge is -2.12. The number of hydrogen-bond donors (Lipinski definition) is 1. The van der Waals surface area contributed by atoms with E-state index < -0.39 is 31.1 Å². The number of nitro benzene ring substituents is 1. The normalized spacial score (nSPS) is 11.7. The Labute approximate surface area is 241 Å². The van der Waals surface area contributed by atoms with E-state index in [4.69, 9.17) is 8.37 Å². The number of nitrogens with one attached hydrogen (secondary N) is 1. The monoisotopic (exact) mass is 609 g/mol. The van der Waals surface area contributed by atoms with Crippen molar-refractivity contribution in [1.82, 2.24) is 5.43 Å². The number of amides is 1. The Bertz CT molecular complexity index is 1870. The summed E-state index contributed by atoms with van der Waals surface area (Å²) in [5.74, 6) is -1.27. The van der Waals surface area contributed by atoms with Crippen molar-refractivity contribution in [3.05, 3.63) is 123 Å². The lowest BCUT2D eigenvalue weighted by molar-refractivity contribution is -0.384. The number of carbonyl (C=O) groups is 1. The number of non-ortho nitro benzene ring substituents is 1. The van der Waals surface area contributed by atoms with E-state index in [1.165, 1.54) is 48.5 Å². The van der Waals surface area contributed by atoms with Crippen LogP contribution in [0.5, 0.6) is 11.5 Å². The molecule has 0 aliphatic carbocycles. The zero-order valence-electron chi connectivity index (χ0n) is 22.1. The quantitative estimate of drug-likeness (QED) is 0.118. The Morgan fingerprint density at radius 3 is 1.83 bits per heavy atom. The third kappa shape index (κ3) is 7.35. The van der Waals surface area contributed by atoms with Gasteiger partial charge < -0.3 is 8.37 Å². The minimum atomic E-state index is -4.37. The smallest absolute Gasteiger partial charge is 0.339 e. The van der Waals surface area contributed by atoms with Crippen molar-refractivity contribution in [1.29, 1.82) is 0 Å². The molecule has 0 bridgehead atoms. The number of aryl methyl sites for hydroxylation is 2. The molecule has 216 valence electrons. The third-order valence-electron chi connectivity index (χ3n) is 5.72. The van der Waals surface area contributed by atoms with Gasteiger partial charge >= 0.3 is 20.2 Å². The molecule has 0 radical (unpaired) electrons. The SMILES string of the molecule is Cc1ccc(S(=O)(=O)Oc2ccc(C=NNC(=O)c3ccc([N+](=O)[O-])cc3)c(OS(=O)(=O)c3ccc(C)cc3)c2)cc1. The predicted octanol–water partition coefficient (Wildman–Crippen LogP) is 4.51. The maximum absolute atomic E-state index is 13.0. The van der Waals surface area contributed by atoms with Crippen LogP contribution >= 0.6 is 0 Å². The van der Waals surface area contributed by atoms with E-state index in [-0.39, 0.29) is 38.1 Å². The number of nitrogens with zero attached hydrogens (tertiary/aromatic N) is 2. The van der Waals surface area contributed by atoms with Crippen LogP contribution in [-0.4, -0.2) is 33.9 Å². The van der Waals surface area contributed by atoms with Crippen molar-refractivity contribution in [2.45, 2.75) is 23.6 Å². The number of nitro groups is 1. The van der Waals surface area contributed by atoms with Crippen LogP contribution in [-0.2, 0) is 20.2 Å². The Morgan fingerprint density at radius 2 is 1.31 bits per heavy atom. The first kappa shape index (κ1) is 29.9. The summed E-state index contributed by atoms with van der Waals surface area (Å²) in [6, 6.07) is 20.2. The van der Waals surface area contributed by atoms with Crippen molar-refractivity contribution in [3.8, 4) is 11.5 Å². The molecule has 4 rings (SSSR count). The fourth-order valence-corrected chi connectivity index (χ4v) is 5.32. The summed E-state index contributed by atoms with van der Waals surface area (Å²) in [5, 5.41) is 14.6. The highest BCUT2D eigenvalue weighted by molar-refractivity contribution is 7.87. The fraction of sp³-hybridized carbons (Fsp3) is 0.0714. The molecule has 0 unspecified atom stereocenters. The van der Waals surface area contributed by atoms with E-state index in [0.717, 1.165) is 35.5 Å². The molecule has 0 spiro atoms. The van der Waals surface area contributed by atoms with Gasteiger partial charge in [-0.2, -0.15) is 21.9 Å². The first-order chi connectivity index (χ1) is 19.8. The molecule has 4 aromatic rings. The number of hydrogen-bond acceptors (Lipinski definition) is 10. The molecule has 14 heteroatoms. The van der Waals surface area contributed by atoms with Gasteiger partial charge in [0.1, 0.15) is 15.5 Å². The largest absolute Gasteiger partial charge is 0.379 e. The summed E-state index contributed by atoms with van der Waals surface area (Å²) in [6.07, 6.45) is 1.08. The van der Waals surface area contributed by atoms with E-state index in [0.29, 0.717) is 0 Å². The molecular weight excluding hydrogens is 586 g/mol. The Morgan fingerprint density at radius 1 is 0.786 bits per heavy atom. The Balaban J connectivity index is 1.63. The van der Waals surface area contributed by atoms with E-state index in [9.17, 15) is 31.7 Å². The summed E-state index contributed by atoms with van der Waals surface area (Å²) >= 11 is 0. The van der Waals surface area contributed by atoms with Crippen molar-refractivity contribution in [2.24, 2.45) is 5.10 Å². The lowest BCUT2D eigenvalue weighted by atomic mass is 10.2. The van der Waals surface area contributed by atoms with E-state index in [1.54, 1.807) is 38.1 Å². The topological polar surface area (TPSA) is 171 Å². The average Bonchev–Trinajstić information content (AvgIpc) is 2.94. The second kappa shape index (κ2) is 12.2. The molecule has 0 aliphatic rings. The lowest BCUT2D eigenvalue weighted by Crippen LogP contribution is -2.17. The molecule has 0 heterocycles. The second-order valence-corrected chi connectivity index (χ2v) is 12.0. The molecule has 0 aliphatic heterocycles. The fourth-order valence-electron chi connectivity index (χ4n) is 3.46. The van der Waals surface area contributed by atoms with Crippen LogP contribution in [0.25, 0.3) is 0 Å². The van der Waals surface area contributed by atoms with Gasteiger partial charge in [-0.05, 0) is 62.4 Å². The molecule has 1 amide bonds. The summed E-state index contributed by atoms with van der Waals surface area (Å²) in [5.41, 5.74) is 3.84. The zero-order valence-corrected chi connectivity index (χ0v) is 23.8. The molecule has 42 heavy (non-hydrogen) atoms. The summed E-state index contributed by atoms with van der Waals surface area (Å²) in [6.45, 7) is 3.58. The minimum Gasteiger partial charge on any atom is -0.379 e. The van der Waals surface area contributed by atoms with E-state index in [2.05, 4.69) is 10.5 Å². The van der Waals surface area contributed by atoms with Gasteiger partial charge in [-0.15, -0.1) is 0 Å². The molecule has 0 saturated carbocycles. The number of benzene rings is 4. The van der Waals surface area contributed by atoms with Gasteiger partial charge in [0.25, 0.3) is 11.6 Å². The number of rotatable bonds is 10. The average molecular weight is 610 g/mol. The molecule has 0 saturated heterocycles.